The topological polar surface area (TPSA) is 125 Å². The molecule has 1 aliphatic heterocycles. The van der Waals surface area contributed by atoms with Crippen molar-refractivity contribution in [1.82, 2.24) is 9.97 Å². The summed E-state index contributed by atoms with van der Waals surface area (Å²) in [6.45, 7) is 5.22. The van der Waals surface area contributed by atoms with Gasteiger partial charge in [0.1, 0.15) is 16.5 Å². The molecule has 1 fully saturated rings. The SMILES string of the molecule is CC1(C)CC=C(c2cc(C3(S(C)(=O)=O)CCOCC3)ccc2NC(=O)c2ncc(C#N)[nH]2)CC1. The van der Waals surface area contributed by atoms with Gasteiger partial charge in [-0.2, -0.15) is 5.26 Å². The van der Waals surface area contributed by atoms with Crippen molar-refractivity contribution >= 4 is 27.0 Å². The van der Waals surface area contributed by atoms with Gasteiger partial charge < -0.3 is 15.0 Å². The summed E-state index contributed by atoms with van der Waals surface area (Å²) in [5, 5.41) is 11.9. The highest BCUT2D eigenvalue weighted by atomic mass is 32.2. The van der Waals surface area contributed by atoms with Crippen LogP contribution in [0.15, 0.2) is 30.5 Å². The Morgan fingerprint density at radius 1 is 1.24 bits per heavy atom. The zero-order chi connectivity index (χ0) is 24.6. The van der Waals surface area contributed by atoms with Crippen molar-refractivity contribution in [2.75, 3.05) is 24.8 Å². The molecule has 0 radical (unpaired) electrons. The average molecular weight is 483 g/mol. The number of nitriles is 1. The summed E-state index contributed by atoms with van der Waals surface area (Å²) >= 11 is 0. The zero-order valence-electron chi connectivity index (χ0n) is 19.8. The third kappa shape index (κ3) is 4.65. The Hall–Kier alpha value is -2.96. The van der Waals surface area contributed by atoms with Crippen molar-refractivity contribution in [3.63, 3.8) is 0 Å². The number of carbonyl (C=O) groups excluding carboxylic acids is 1. The zero-order valence-corrected chi connectivity index (χ0v) is 20.6. The first-order valence-electron chi connectivity index (χ1n) is 11.4. The second-order valence-corrected chi connectivity index (χ2v) is 12.3. The van der Waals surface area contributed by atoms with Gasteiger partial charge in [0.2, 0.25) is 0 Å². The Kier molecular flexibility index (Phi) is 6.40. The molecule has 1 aliphatic carbocycles. The first kappa shape index (κ1) is 24.2. The van der Waals surface area contributed by atoms with Crippen LogP contribution in [0.1, 0.15) is 73.4 Å². The van der Waals surface area contributed by atoms with Crippen LogP contribution < -0.4 is 5.32 Å². The number of aromatic amines is 1. The number of nitrogens with one attached hydrogen (secondary N) is 2. The average Bonchev–Trinajstić information content (AvgIpc) is 3.29. The van der Waals surface area contributed by atoms with Crippen LogP contribution in [0.25, 0.3) is 5.57 Å². The molecule has 1 aromatic heterocycles. The number of aromatic nitrogens is 2. The minimum absolute atomic E-state index is 0.0439. The van der Waals surface area contributed by atoms with Crippen LogP contribution >= 0.6 is 0 Å². The van der Waals surface area contributed by atoms with Crippen LogP contribution in [0.2, 0.25) is 0 Å². The van der Waals surface area contributed by atoms with Crippen molar-refractivity contribution in [1.29, 1.82) is 5.26 Å². The fourth-order valence-electron chi connectivity index (χ4n) is 4.77. The molecule has 0 saturated carbocycles. The summed E-state index contributed by atoms with van der Waals surface area (Å²) in [5.74, 6) is -0.418. The number of nitrogens with zero attached hydrogens (tertiary/aromatic N) is 2. The van der Waals surface area contributed by atoms with Gasteiger partial charge in [0.15, 0.2) is 15.7 Å². The number of ether oxygens (including phenoxy) is 1. The molecule has 1 amide bonds. The summed E-state index contributed by atoms with van der Waals surface area (Å²) in [4.78, 5) is 19.5. The molecule has 0 atom stereocenters. The predicted molar refractivity (Wildman–Crippen MR) is 130 cm³/mol. The fourth-order valence-corrected chi connectivity index (χ4v) is 6.24. The Labute approximate surface area is 200 Å². The molecular formula is C25H30N4O4S. The van der Waals surface area contributed by atoms with Crippen molar-refractivity contribution in [2.45, 2.75) is 50.7 Å². The molecule has 8 nitrogen and oxygen atoms in total. The van der Waals surface area contributed by atoms with E-state index in [-0.39, 0.29) is 16.9 Å². The minimum Gasteiger partial charge on any atom is -0.381 e. The number of hydrogen-bond acceptors (Lipinski definition) is 6. The predicted octanol–water partition coefficient (Wildman–Crippen LogP) is 4.18. The maximum Gasteiger partial charge on any atom is 0.291 e. The highest BCUT2D eigenvalue weighted by Crippen LogP contribution is 2.44. The summed E-state index contributed by atoms with van der Waals surface area (Å²) in [7, 11) is -3.42. The number of amides is 1. The quantitative estimate of drug-likeness (QED) is 0.659. The van der Waals surface area contributed by atoms with Crippen molar-refractivity contribution in [2.24, 2.45) is 5.41 Å². The number of sulfone groups is 1. The first-order chi connectivity index (χ1) is 16.0. The van der Waals surface area contributed by atoms with E-state index in [1.165, 1.54) is 12.5 Å². The maximum atomic E-state index is 13.0. The Balaban J connectivity index is 1.78. The van der Waals surface area contributed by atoms with E-state index in [0.717, 1.165) is 36.0 Å². The molecule has 0 unspecified atom stereocenters. The maximum absolute atomic E-state index is 13.0. The van der Waals surface area contributed by atoms with E-state index in [1.807, 2.05) is 12.1 Å². The lowest BCUT2D eigenvalue weighted by molar-refractivity contribution is 0.0742. The second-order valence-electron chi connectivity index (χ2n) is 9.95. The first-order valence-corrected chi connectivity index (χ1v) is 13.3. The number of rotatable bonds is 5. The van der Waals surface area contributed by atoms with E-state index in [2.05, 4.69) is 35.2 Å². The molecule has 0 bridgehead atoms. The number of allylic oxidation sites excluding steroid dienone is 2. The lowest BCUT2D eigenvalue weighted by atomic mass is 9.76. The largest absolute Gasteiger partial charge is 0.381 e. The number of imidazole rings is 1. The van der Waals surface area contributed by atoms with Crippen LogP contribution in [0.4, 0.5) is 5.69 Å². The van der Waals surface area contributed by atoms with E-state index >= 15 is 0 Å². The van der Waals surface area contributed by atoms with Crippen LogP contribution in [-0.4, -0.2) is 43.8 Å². The van der Waals surface area contributed by atoms with Gasteiger partial charge >= 0.3 is 0 Å². The molecular weight excluding hydrogens is 452 g/mol. The van der Waals surface area contributed by atoms with Gasteiger partial charge in [-0.15, -0.1) is 0 Å². The van der Waals surface area contributed by atoms with Crippen molar-refractivity contribution in [3.8, 4) is 6.07 Å². The molecule has 1 aromatic carbocycles. The van der Waals surface area contributed by atoms with E-state index in [4.69, 9.17) is 10.00 Å². The monoisotopic (exact) mass is 482 g/mol. The molecule has 1 saturated heterocycles. The van der Waals surface area contributed by atoms with E-state index in [9.17, 15) is 13.2 Å². The lowest BCUT2D eigenvalue weighted by Crippen LogP contribution is -2.40. The molecule has 34 heavy (non-hydrogen) atoms. The third-order valence-corrected chi connectivity index (χ3v) is 9.10. The Bertz CT molecular complexity index is 1280. The fraction of sp³-hybridized carbons (Fsp3) is 0.480. The van der Waals surface area contributed by atoms with Gasteiger partial charge in [-0.3, -0.25) is 4.79 Å². The molecule has 4 rings (SSSR count). The number of hydrogen-bond donors (Lipinski definition) is 2. The van der Waals surface area contributed by atoms with Gasteiger partial charge in [0, 0.05) is 30.7 Å². The highest BCUT2D eigenvalue weighted by molar-refractivity contribution is 7.91. The van der Waals surface area contributed by atoms with Crippen LogP contribution in [-0.2, 0) is 19.3 Å². The smallest absolute Gasteiger partial charge is 0.291 e. The van der Waals surface area contributed by atoms with E-state index in [0.29, 0.717) is 31.7 Å². The number of benzene rings is 1. The Morgan fingerprint density at radius 3 is 2.56 bits per heavy atom. The van der Waals surface area contributed by atoms with Crippen molar-refractivity contribution < 1.29 is 17.9 Å². The molecule has 2 aliphatic rings. The number of carbonyl (C=O) groups is 1. The van der Waals surface area contributed by atoms with Crippen LogP contribution in [0, 0.1) is 16.7 Å². The van der Waals surface area contributed by atoms with Gasteiger partial charge in [0.05, 0.1) is 6.20 Å². The molecule has 180 valence electrons. The van der Waals surface area contributed by atoms with Crippen LogP contribution in [0.3, 0.4) is 0 Å². The molecule has 2 N–H and O–H groups in total. The normalized spacial score (nSPS) is 19.6. The second kappa shape index (κ2) is 9.01. The third-order valence-electron chi connectivity index (χ3n) is 7.03. The van der Waals surface area contributed by atoms with E-state index in [1.54, 1.807) is 12.1 Å². The van der Waals surface area contributed by atoms with Gasteiger partial charge in [0.25, 0.3) is 5.91 Å². The molecule has 9 heteroatoms. The summed E-state index contributed by atoms with van der Waals surface area (Å²) < 4.78 is 30.4. The number of H-pyrrole nitrogens is 1. The number of anilines is 1. The summed E-state index contributed by atoms with van der Waals surface area (Å²) in [6.07, 6.45) is 8.30. The van der Waals surface area contributed by atoms with Crippen molar-refractivity contribution in [3.05, 3.63) is 53.1 Å². The Morgan fingerprint density at radius 2 is 1.97 bits per heavy atom. The lowest BCUT2D eigenvalue weighted by Gasteiger charge is -2.36. The minimum atomic E-state index is -3.42. The van der Waals surface area contributed by atoms with Crippen LogP contribution in [0.5, 0.6) is 0 Å². The van der Waals surface area contributed by atoms with Gasteiger partial charge in [-0.1, -0.05) is 26.0 Å². The highest BCUT2D eigenvalue weighted by Gasteiger charge is 2.44. The summed E-state index contributed by atoms with van der Waals surface area (Å²) in [6, 6.07) is 7.42. The standard InChI is InChI=1S/C25H30N4O4S/c1-24(2)8-6-17(7-9-24)20-14-18(25(34(3,31)32)10-12-33-13-11-25)4-5-21(20)29-23(30)22-27-16-19(15-26)28-22/h4-6,14,16H,7-13H2,1-3H3,(H,27,28)(H,29,30). The van der Waals surface area contributed by atoms with E-state index < -0.39 is 20.5 Å². The summed E-state index contributed by atoms with van der Waals surface area (Å²) in [5.41, 5.74) is 3.62. The molecule has 2 aromatic rings. The molecule has 0 spiro atoms. The van der Waals surface area contributed by atoms with Gasteiger partial charge in [-0.25, -0.2) is 13.4 Å². The molecule has 2 heterocycles. The van der Waals surface area contributed by atoms with Gasteiger partial charge in [-0.05, 0) is 60.8 Å².